The van der Waals surface area contributed by atoms with Crippen LogP contribution in [0, 0.1) is 0 Å². The number of fused-ring (bicyclic) bond motifs is 1. The molecule has 0 aromatic carbocycles. The van der Waals surface area contributed by atoms with Crippen molar-refractivity contribution in [1.82, 2.24) is 29.6 Å². The molecule has 0 bridgehead atoms. The summed E-state index contributed by atoms with van der Waals surface area (Å²) >= 11 is 0. The highest BCUT2D eigenvalue weighted by Crippen LogP contribution is 2.12. The second kappa shape index (κ2) is 4.06. The molecule has 18 heavy (non-hydrogen) atoms. The van der Waals surface area contributed by atoms with Crippen LogP contribution in [0.2, 0.25) is 0 Å². The van der Waals surface area contributed by atoms with Gasteiger partial charge in [0.2, 0.25) is 0 Å². The zero-order valence-electron chi connectivity index (χ0n) is 9.52. The van der Waals surface area contributed by atoms with Gasteiger partial charge in [0.15, 0.2) is 5.82 Å². The lowest BCUT2D eigenvalue weighted by Gasteiger charge is -2.26. The predicted octanol–water partition coefficient (Wildman–Crippen LogP) is -0.694. The predicted molar refractivity (Wildman–Crippen MR) is 61.2 cm³/mol. The van der Waals surface area contributed by atoms with E-state index in [-0.39, 0.29) is 17.4 Å². The molecule has 92 valence electrons. The highest BCUT2D eigenvalue weighted by molar-refractivity contribution is 5.92. The number of nitrogens with zero attached hydrogens (tertiary/aromatic N) is 6. The normalized spacial score (nSPS) is 14.3. The van der Waals surface area contributed by atoms with Gasteiger partial charge in [-0.05, 0) is 0 Å². The summed E-state index contributed by atoms with van der Waals surface area (Å²) in [5.74, 6) is 0.816. The van der Waals surface area contributed by atoms with Crippen LogP contribution in [0.25, 0.3) is 0 Å². The van der Waals surface area contributed by atoms with Gasteiger partial charge in [-0.15, -0.1) is 10.2 Å². The maximum absolute atomic E-state index is 12.2. The molecule has 1 aliphatic rings. The fraction of sp³-hybridized carbons (Fsp3) is 0.300. The van der Waals surface area contributed by atoms with Crippen LogP contribution in [0.5, 0.6) is 0 Å². The van der Waals surface area contributed by atoms with E-state index in [9.17, 15) is 4.79 Å². The molecular formula is C10H11N7O. The number of hydrogen-bond acceptors (Lipinski definition) is 6. The van der Waals surface area contributed by atoms with Gasteiger partial charge >= 0.3 is 0 Å². The number of aromatic nitrogens is 5. The Morgan fingerprint density at radius 1 is 1.33 bits per heavy atom. The zero-order chi connectivity index (χ0) is 12.5. The first-order valence-electron chi connectivity index (χ1n) is 5.47. The third-order valence-electron chi connectivity index (χ3n) is 2.80. The average molecular weight is 245 g/mol. The monoisotopic (exact) mass is 245 g/mol. The molecule has 0 saturated carbocycles. The van der Waals surface area contributed by atoms with Gasteiger partial charge in [0, 0.05) is 13.1 Å². The van der Waals surface area contributed by atoms with Crippen molar-refractivity contribution < 1.29 is 4.79 Å². The highest BCUT2D eigenvalue weighted by atomic mass is 16.2. The Bertz CT molecular complexity index is 593. The molecule has 0 radical (unpaired) electrons. The summed E-state index contributed by atoms with van der Waals surface area (Å²) in [6.45, 7) is 1.71. The van der Waals surface area contributed by atoms with Gasteiger partial charge in [-0.1, -0.05) is 0 Å². The van der Waals surface area contributed by atoms with Gasteiger partial charge in [0.05, 0.1) is 18.9 Å². The van der Waals surface area contributed by atoms with Crippen molar-refractivity contribution in [2.24, 2.45) is 0 Å². The SMILES string of the molecule is Nc1cncc(C(=O)N2CCn3cnnc3C2)n1. The minimum atomic E-state index is -0.191. The highest BCUT2D eigenvalue weighted by Gasteiger charge is 2.23. The molecule has 3 heterocycles. The summed E-state index contributed by atoms with van der Waals surface area (Å²) in [7, 11) is 0. The van der Waals surface area contributed by atoms with E-state index in [0.717, 1.165) is 5.82 Å². The first-order chi connectivity index (χ1) is 8.74. The van der Waals surface area contributed by atoms with Gasteiger partial charge in [0.25, 0.3) is 5.91 Å². The zero-order valence-corrected chi connectivity index (χ0v) is 9.52. The van der Waals surface area contributed by atoms with Crippen LogP contribution < -0.4 is 5.73 Å². The van der Waals surface area contributed by atoms with Crippen LogP contribution in [0.4, 0.5) is 5.82 Å². The van der Waals surface area contributed by atoms with E-state index >= 15 is 0 Å². The van der Waals surface area contributed by atoms with E-state index in [2.05, 4.69) is 20.2 Å². The summed E-state index contributed by atoms with van der Waals surface area (Å²) < 4.78 is 1.93. The van der Waals surface area contributed by atoms with Gasteiger partial charge in [-0.3, -0.25) is 9.78 Å². The van der Waals surface area contributed by atoms with Crippen molar-refractivity contribution in [1.29, 1.82) is 0 Å². The fourth-order valence-electron chi connectivity index (χ4n) is 1.89. The lowest BCUT2D eigenvalue weighted by molar-refractivity contribution is 0.0701. The third-order valence-corrected chi connectivity index (χ3v) is 2.80. The second-order valence-corrected chi connectivity index (χ2v) is 4.00. The van der Waals surface area contributed by atoms with E-state index in [1.807, 2.05) is 4.57 Å². The maximum atomic E-state index is 12.2. The van der Waals surface area contributed by atoms with Crippen LogP contribution in [0.1, 0.15) is 16.3 Å². The van der Waals surface area contributed by atoms with E-state index in [0.29, 0.717) is 19.6 Å². The lowest BCUT2D eigenvalue weighted by atomic mass is 10.3. The second-order valence-electron chi connectivity index (χ2n) is 4.00. The lowest BCUT2D eigenvalue weighted by Crippen LogP contribution is -2.38. The van der Waals surface area contributed by atoms with Gasteiger partial charge in [0.1, 0.15) is 17.8 Å². The number of carbonyl (C=O) groups is 1. The first-order valence-corrected chi connectivity index (χ1v) is 5.47. The molecule has 1 aliphatic heterocycles. The van der Waals surface area contributed by atoms with Gasteiger partial charge in [-0.2, -0.15) is 0 Å². The number of nitrogens with two attached hydrogens (primary N) is 1. The Balaban J connectivity index is 1.83. The molecule has 0 saturated heterocycles. The topological polar surface area (TPSA) is 103 Å². The van der Waals surface area contributed by atoms with Gasteiger partial charge < -0.3 is 15.2 Å². The van der Waals surface area contributed by atoms with Crippen molar-refractivity contribution >= 4 is 11.7 Å². The van der Waals surface area contributed by atoms with E-state index in [1.165, 1.54) is 12.4 Å². The Morgan fingerprint density at radius 2 is 2.22 bits per heavy atom. The van der Waals surface area contributed by atoms with Crippen molar-refractivity contribution in [3.63, 3.8) is 0 Å². The van der Waals surface area contributed by atoms with Crippen molar-refractivity contribution in [3.05, 3.63) is 30.2 Å². The Morgan fingerprint density at radius 3 is 3.06 bits per heavy atom. The van der Waals surface area contributed by atoms with Crippen LogP contribution in [-0.2, 0) is 13.1 Å². The Labute approximate surface area is 102 Å². The summed E-state index contributed by atoms with van der Waals surface area (Å²) in [6, 6.07) is 0. The maximum Gasteiger partial charge on any atom is 0.274 e. The van der Waals surface area contributed by atoms with Crippen molar-refractivity contribution in [2.45, 2.75) is 13.1 Å². The van der Waals surface area contributed by atoms with Crippen LogP contribution in [-0.4, -0.2) is 42.1 Å². The summed E-state index contributed by atoms with van der Waals surface area (Å²) in [4.78, 5) is 21.7. The number of nitrogen functional groups attached to an aromatic ring is 1. The molecule has 8 heteroatoms. The van der Waals surface area contributed by atoms with E-state index in [1.54, 1.807) is 11.2 Å². The van der Waals surface area contributed by atoms with E-state index < -0.39 is 0 Å². The Kier molecular flexibility index (Phi) is 2.40. The molecule has 0 spiro atoms. The number of carbonyl (C=O) groups excluding carboxylic acids is 1. The van der Waals surface area contributed by atoms with Gasteiger partial charge in [-0.25, -0.2) is 4.98 Å². The summed E-state index contributed by atoms with van der Waals surface area (Å²) in [5, 5.41) is 7.77. The third kappa shape index (κ3) is 1.77. The minimum absolute atomic E-state index is 0.191. The quantitative estimate of drug-likeness (QED) is 0.713. The molecule has 0 fully saturated rings. The summed E-state index contributed by atoms with van der Waals surface area (Å²) in [6.07, 6.45) is 4.49. The summed E-state index contributed by atoms with van der Waals surface area (Å²) in [5.41, 5.74) is 5.77. The molecule has 0 atom stereocenters. The van der Waals surface area contributed by atoms with Crippen molar-refractivity contribution in [3.8, 4) is 0 Å². The number of amides is 1. The standard InChI is InChI=1S/C10H11N7O/c11-8-4-12-3-7(14-8)10(18)16-1-2-17-6-13-15-9(17)5-16/h3-4,6H,1-2,5H2,(H2,11,14). The molecule has 2 aromatic heterocycles. The van der Waals surface area contributed by atoms with Crippen molar-refractivity contribution in [2.75, 3.05) is 12.3 Å². The largest absolute Gasteiger partial charge is 0.382 e. The molecule has 0 unspecified atom stereocenters. The number of anilines is 1. The first kappa shape index (κ1) is 10.6. The molecule has 0 aliphatic carbocycles. The molecule has 3 rings (SSSR count). The Hall–Kier alpha value is -2.51. The fourth-order valence-corrected chi connectivity index (χ4v) is 1.89. The molecule has 2 aromatic rings. The number of hydrogen-bond donors (Lipinski definition) is 1. The van der Waals surface area contributed by atoms with E-state index in [4.69, 9.17) is 5.73 Å². The smallest absolute Gasteiger partial charge is 0.274 e. The minimum Gasteiger partial charge on any atom is -0.382 e. The molecule has 2 N–H and O–H groups in total. The molecular weight excluding hydrogens is 234 g/mol. The van der Waals surface area contributed by atoms with Crippen LogP contribution in [0.3, 0.4) is 0 Å². The number of rotatable bonds is 1. The molecule has 1 amide bonds. The van der Waals surface area contributed by atoms with Crippen LogP contribution >= 0.6 is 0 Å². The van der Waals surface area contributed by atoms with Crippen LogP contribution in [0.15, 0.2) is 18.7 Å². The average Bonchev–Trinajstić information content (AvgIpc) is 2.85. The molecule has 8 nitrogen and oxygen atoms in total.